The molecular formula is C12H16OS2. The molecule has 1 heterocycles. The van der Waals surface area contributed by atoms with Crippen LogP contribution in [-0.2, 0) is 4.74 Å². The summed E-state index contributed by atoms with van der Waals surface area (Å²) in [6.07, 6.45) is 2.36. The van der Waals surface area contributed by atoms with Crippen LogP contribution >= 0.6 is 23.5 Å². The second-order valence-electron chi connectivity index (χ2n) is 3.65. The second-order valence-corrected chi connectivity index (χ2v) is 6.13. The van der Waals surface area contributed by atoms with E-state index in [2.05, 4.69) is 32.0 Å². The number of fused-ring (bicyclic) bond motifs is 1. The van der Waals surface area contributed by atoms with Crippen LogP contribution in [0.4, 0.5) is 0 Å². The molecule has 0 aromatic heterocycles. The molecular weight excluding hydrogens is 224 g/mol. The molecule has 15 heavy (non-hydrogen) atoms. The Morgan fingerprint density at radius 3 is 2.93 bits per heavy atom. The third-order valence-electron chi connectivity index (χ3n) is 2.36. The van der Waals surface area contributed by atoms with Crippen LogP contribution in [0, 0.1) is 6.92 Å². The van der Waals surface area contributed by atoms with Crippen LogP contribution in [-0.4, -0.2) is 11.4 Å². The first kappa shape index (κ1) is 11.4. The third kappa shape index (κ3) is 2.71. The quantitative estimate of drug-likeness (QED) is 0.726. The Balaban J connectivity index is 1.94. The molecule has 82 valence electrons. The normalized spacial score (nSPS) is 19.2. The summed E-state index contributed by atoms with van der Waals surface area (Å²) in [6, 6.07) is 6.47. The van der Waals surface area contributed by atoms with Crippen molar-refractivity contribution >= 4 is 23.5 Å². The van der Waals surface area contributed by atoms with Gasteiger partial charge in [-0.25, -0.2) is 0 Å². The summed E-state index contributed by atoms with van der Waals surface area (Å²) in [5.74, 6) is 0. The zero-order valence-electron chi connectivity index (χ0n) is 9.16. The summed E-state index contributed by atoms with van der Waals surface area (Å²) < 4.78 is 6.08. The van der Waals surface area contributed by atoms with Crippen molar-refractivity contribution in [2.45, 2.75) is 41.2 Å². The van der Waals surface area contributed by atoms with E-state index >= 15 is 0 Å². The Kier molecular flexibility index (Phi) is 4.00. The average Bonchev–Trinajstić information content (AvgIpc) is 2.63. The number of thioether (sulfide) groups is 2. The number of hydrogen-bond acceptors (Lipinski definition) is 3. The fourth-order valence-electron chi connectivity index (χ4n) is 1.49. The summed E-state index contributed by atoms with van der Waals surface area (Å²) in [7, 11) is 0. The SMILES string of the molecule is CCCCOC1Sc2cccc(C)c2S1. The molecule has 1 unspecified atom stereocenters. The largest absolute Gasteiger partial charge is 0.357 e. The summed E-state index contributed by atoms with van der Waals surface area (Å²) >= 11 is 3.70. The van der Waals surface area contributed by atoms with Gasteiger partial charge in [-0.1, -0.05) is 49.0 Å². The lowest BCUT2D eigenvalue weighted by Gasteiger charge is -2.08. The van der Waals surface area contributed by atoms with E-state index in [1.54, 1.807) is 0 Å². The first-order valence-corrected chi connectivity index (χ1v) is 7.11. The van der Waals surface area contributed by atoms with E-state index in [-0.39, 0.29) is 4.77 Å². The van der Waals surface area contributed by atoms with Crippen molar-refractivity contribution in [2.75, 3.05) is 6.61 Å². The van der Waals surface area contributed by atoms with Crippen molar-refractivity contribution < 1.29 is 4.74 Å². The van der Waals surface area contributed by atoms with Crippen LogP contribution < -0.4 is 0 Å². The van der Waals surface area contributed by atoms with E-state index < -0.39 is 0 Å². The average molecular weight is 240 g/mol. The van der Waals surface area contributed by atoms with Crippen molar-refractivity contribution in [3.63, 3.8) is 0 Å². The van der Waals surface area contributed by atoms with Crippen molar-refractivity contribution in [3.8, 4) is 0 Å². The van der Waals surface area contributed by atoms with Gasteiger partial charge in [0.1, 0.15) is 0 Å². The van der Waals surface area contributed by atoms with Crippen LogP contribution in [0.5, 0.6) is 0 Å². The molecule has 1 aromatic carbocycles. The van der Waals surface area contributed by atoms with Crippen molar-refractivity contribution in [3.05, 3.63) is 23.8 Å². The van der Waals surface area contributed by atoms with Crippen molar-refractivity contribution in [1.82, 2.24) is 0 Å². The molecule has 0 saturated heterocycles. The molecule has 0 amide bonds. The molecule has 1 atom stereocenters. The summed E-state index contributed by atoms with van der Waals surface area (Å²) in [6.45, 7) is 5.24. The van der Waals surface area contributed by atoms with Gasteiger partial charge in [-0.05, 0) is 25.0 Å². The zero-order valence-corrected chi connectivity index (χ0v) is 10.8. The lowest BCUT2D eigenvalue weighted by molar-refractivity contribution is 0.160. The predicted molar refractivity (Wildman–Crippen MR) is 67.5 cm³/mol. The minimum atomic E-state index is 0.271. The summed E-state index contributed by atoms with van der Waals surface area (Å²) in [4.78, 5) is 2.78. The van der Waals surface area contributed by atoms with Gasteiger partial charge in [0.15, 0.2) is 4.77 Å². The monoisotopic (exact) mass is 240 g/mol. The Morgan fingerprint density at radius 2 is 2.20 bits per heavy atom. The van der Waals surface area contributed by atoms with E-state index in [0.717, 1.165) is 13.0 Å². The van der Waals surface area contributed by atoms with E-state index in [1.165, 1.54) is 21.8 Å². The maximum Gasteiger partial charge on any atom is 0.158 e. The zero-order chi connectivity index (χ0) is 10.7. The molecule has 1 aliphatic rings. The predicted octanol–water partition coefficient (Wildman–Crippen LogP) is 4.29. The number of unbranched alkanes of at least 4 members (excludes halogenated alkanes) is 1. The topological polar surface area (TPSA) is 9.23 Å². The summed E-state index contributed by atoms with van der Waals surface area (Å²) in [5, 5.41) is 0. The molecule has 0 fully saturated rings. The molecule has 1 aromatic rings. The van der Waals surface area contributed by atoms with E-state index in [0.29, 0.717) is 0 Å². The fourth-order valence-corrected chi connectivity index (χ4v) is 4.16. The third-order valence-corrected chi connectivity index (χ3v) is 5.10. The number of ether oxygens (including phenoxy) is 1. The van der Waals surface area contributed by atoms with E-state index in [1.807, 2.05) is 23.5 Å². The molecule has 2 rings (SSSR count). The van der Waals surface area contributed by atoms with E-state index in [9.17, 15) is 0 Å². The molecule has 0 spiro atoms. The molecule has 1 aliphatic heterocycles. The minimum Gasteiger partial charge on any atom is -0.357 e. The van der Waals surface area contributed by atoms with Gasteiger partial charge in [-0.15, -0.1) is 0 Å². The smallest absolute Gasteiger partial charge is 0.158 e. The van der Waals surface area contributed by atoms with Gasteiger partial charge >= 0.3 is 0 Å². The lowest BCUT2D eigenvalue weighted by atomic mass is 10.2. The Morgan fingerprint density at radius 1 is 1.33 bits per heavy atom. The highest BCUT2D eigenvalue weighted by Gasteiger charge is 2.24. The number of hydrogen-bond donors (Lipinski definition) is 0. The van der Waals surface area contributed by atoms with Gasteiger partial charge in [0, 0.05) is 16.4 Å². The second kappa shape index (κ2) is 5.28. The van der Waals surface area contributed by atoms with Crippen LogP contribution in [0.1, 0.15) is 25.3 Å². The molecule has 0 bridgehead atoms. The van der Waals surface area contributed by atoms with Gasteiger partial charge in [0.25, 0.3) is 0 Å². The van der Waals surface area contributed by atoms with Gasteiger partial charge in [-0.2, -0.15) is 0 Å². The minimum absolute atomic E-state index is 0.271. The van der Waals surface area contributed by atoms with Crippen LogP contribution in [0.2, 0.25) is 0 Å². The van der Waals surface area contributed by atoms with Crippen LogP contribution in [0.3, 0.4) is 0 Å². The maximum atomic E-state index is 5.81. The van der Waals surface area contributed by atoms with Crippen molar-refractivity contribution in [1.29, 1.82) is 0 Å². The number of benzene rings is 1. The Labute approximate surface area is 100.0 Å². The number of rotatable bonds is 4. The molecule has 0 radical (unpaired) electrons. The molecule has 1 nitrogen and oxygen atoms in total. The van der Waals surface area contributed by atoms with Crippen LogP contribution in [0.15, 0.2) is 28.0 Å². The summed E-state index contributed by atoms with van der Waals surface area (Å²) in [5.41, 5.74) is 1.37. The maximum absolute atomic E-state index is 5.81. The highest BCUT2D eigenvalue weighted by atomic mass is 32.2. The van der Waals surface area contributed by atoms with Crippen molar-refractivity contribution in [2.24, 2.45) is 0 Å². The van der Waals surface area contributed by atoms with Gasteiger partial charge < -0.3 is 4.74 Å². The standard InChI is InChI=1S/C12H16OS2/c1-3-4-8-13-12-14-10-7-5-6-9(2)11(10)15-12/h5-7,12H,3-4,8H2,1-2H3. The Bertz CT molecular complexity index is 338. The van der Waals surface area contributed by atoms with Gasteiger partial charge in [0.2, 0.25) is 0 Å². The highest BCUT2D eigenvalue weighted by Crippen LogP contribution is 2.49. The first-order chi connectivity index (χ1) is 7.31. The number of aryl methyl sites for hydroxylation is 1. The van der Waals surface area contributed by atoms with Gasteiger partial charge in [-0.3, -0.25) is 0 Å². The molecule has 0 N–H and O–H groups in total. The molecule has 0 aliphatic carbocycles. The molecule has 0 saturated carbocycles. The van der Waals surface area contributed by atoms with Crippen LogP contribution in [0.25, 0.3) is 0 Å². The Hall–Kier alpha value is -0.120. The fraction of sp³-hybridized carbons (Fsp3) is 0.500. The van der Waals surface area contributed by atoms with Gasteiger partial charge in [0.05, 0.1) is 0 Å². The molecule has 3 heteroatoms. The first-order valence-electron chi connectivity index (χ1n) is 5.36. The lowest BCUT2D eigenvalue weighted by Crippen LogP contribution is -2.01. The van der Waals surface area contributed by atoms with E-state index in [4.69, 9.17) is 4.74 Å². The highest BCUT2D eigenvalue weighted by molar-refractivity contribution is 8.19.